The molecule has 3 rings (SSSR count). The molecule has 2 amide bonds. The second-order valence-corrected chi connectivity index (χ2v) is 6.34. The van der Waals surface area contributed by atoms with Crippen LogP contribution in [0.4, 0.5) is 11.4 Å². The van der Waals surface area contributed by atoms with E-state index in [0.29, 0.717) is 24.3 Å². The molecule has 2 aromatic carbocycles. The Morgan fingerprint density at radius 3 is 2.59 bits per heavy atom. The highest BCUT2D eigenvalue weighted by molar-refractivity contribution is 5.96. The summed E-state index contributed by atoms with van der Waals surface area (Å²) >= 11 is 0. The molecule has 1 N–H and O–H groups in total. The average molecular weight is 366 g/mol. The lowest BCUT2D eigenvalue weighted by atomic mass is 10.1. The van der Waals surface area contributed by atoms with E-state index in [1.54, 1.807) is 36.1 Å². The van der Waals surface area contributed by atoms with Crippen molar-refractivity contribution < 1.29 is 19.1 Å². The Hall–Kier alpha value is -3.15. The van der Waals surface area contributed by atoms with Crippen LogP contribution in [0.1, 0.15) is 35.7 Å². The van der Waals surface area contributed by atoms with Crippen LogP contribution < -0.4 is 10.2 Å². The normalized spacial score (nSPS) is 13.5. The van der Waals surface area contributed by atoms with Crippen molar-refractivity contribution in [2.45, 2.75) is 26.2 Å². The number of nitrogens with zero attached hydrogens (tertiary/aromatic N) is 1. The second-order valence-electron chi connectivity index (χ2n) is 6.34. The molecule has 1 heterocycles. The van der Waals surface area contributed by atoms with E-state index in [1.165, 1.54) is 0 Å². The zero-order valence-corrected chi connectivity index (χ0v) is 15.2. The van der Waals surface area contributed by atoms with Crippen LogP contribution in [0.5, 0.6) is 0 Å². The van der Waals surface area contributed by atoms with Gasteiger partial charge in [-0.1, -0.05) is 18.2 Å². The van der Waals surface area contributed by atoms with Gasteiger partial charge in [-0.15, -0.1) is 0 Å². The van der Waals surface area contributed by atoms with Crippen LogP contribution >= 0.6 is 0 Å². The molecule has 0 bridgehead atoms. The quantitative estimate of drug-likeness (QED) is 0.797. The largest absolute Gasteiger partial charge is 0.462 e. The van der Waals surface area contributed by atoms with E-state index < -0.39 is 5.97 Å². The fraction of sp³-hybridized carbons (Fsp3) is 0.286. The van der Waals surface area contributed by atoms with Crippen LogP contribution in [0.25, 0.3) is 0 Å². The Balaban J connectivity index is 1.60. The molecule has 140 valence electrons. The van der Waals surface area contributed by atoms with E-state index in [-0.39, 0.29) is 18.2 Å². The molecule has 1 aliphatic heterocycles. The van der Waals surface area contributed by atoms with Crippen molar-refractivity contribution in [3.63, 3.8) is 0 Å². The van der Waals surface area contributed by atoms with Crippen molar-refractivity contribution in [2.75, 3.05) is 23.4 Å². The Labute approximate surface area is 158 Å². The van der Waals surface area contributed by atoms with E-state index >= 15 is 0 Å². The third kappa shape index (κ3) is 4.73. The summed E-state index contributed by atoms with van der Waals surface area (Å²) in [7, 11) is 0. The lowest BCUT2D eigenvalue weighted by Gasteiger charge is -2.15. The molecule has 0 atom stereocenters. The maximum atomic E-state index is 12.3. The molecule has 0 unspecified atom stereocenters. The number of esters is 1. The molecule has 0 aliphatic carbocycles. The third-order valence-corrected chi connectivity index (χ3v) is 4.34. The van der Waals surface area contributed by atoms with Gasteiger partial charge < -0.3 is 15.0 Å². The van der Waals surface area contributed by atoms with Gasteiger partial charge in [-0.2, -0.15) is 0 Å². The molecule has 1 saturated heterocycles. The Morgan fingerprint density at radius 2 is 1.93 bits per heavy atom. The SMILES string of the molecule is CCOC(=O)c1cccc(NC(=O)Cc2ccc(N3CCCC3=O)cc2)c1. The van der Waals surface area contributed by atoms with Gasteiger partial charge >= 0.3 is 5.97 Å². The van der Waals surface area contributed by atoms with E-state index in [4.69, 9.17) is 4.74 Å². The standard InChI is InChI=1S/C21H22N2O4/c1-2-27-21(26)16-5-3-6-17(14-16)22-19(24)13-15-8-10-18(11-9-15)23-12-4-7-20(23)25/h3,5-6,8-11,14H,2,4,7,12-13H2,1H3,(H,22,24). The zero-order valence-electron chi connectivity index (χ0n) is 15.2. The van der Waals surface area contributed by atoms with Crippen LogP contribution in [-0.4, -0.2) is 30.9 Å². The van der Waals surface area contributed by atoms with Crippen LogP contribution in [-0.2, 0) is 20.7 Å². The topological polar surface area (TPSA) is 75.7 Å². The number of carbonyl (C=O) groups excluding carboxylic acids is 3. The van der Waals surface area contributed by atoms with Crippen molar-refractivity contribution in [1.29, 1.82) is 0 Å². The van der Waals surface area contributed by atoms with Gasteiger partial charge in [0, 0.05) is 24.3 Å². The number of carbonyl (C=O) groups is 3. The van der Waals surface area contributed by atoms with Gasteiger partial charge in [-0.25, -0.2) is 4.79 Å². The average Bonchev–Trinajstić information content (AvgIpc) is 3.08. The fourth-order valence-electron chi connectivity index (χ4n) is 3.04. The molecular formula is C21H22N2O4. The van der Waals surface area contributed by atoms with Gasteiger partial charge in [0.1, 0.15) is 0 Å². The van der Waals surface area contributed by atoms with Crippen molar-refractivity contribution in [1.82, 2.24) is 0 Å². The molecule has 1 aliphatic rings. The molecule has 0 saturated carbocycles. The number of amides is 2. The number of nitrogens with one attached hydrogen (secondary N) is 1. The maximum absolute atomic E-state index is 12.3. The molecule has 0 spiro atoms. The summed E-state index contributed by atoms with van der Waals surface area (Å²) in [5, 5.41) is 2.79. The zero-order chi connectivity index (χ0) is 19.2. The first kappa shape index (κ1) is 18.6. The number of benzene rings is 2. The summed E-state index contributed by atoms with van der Waals surface area (Å²) < 4.78 is 4.96. The van der Waals surface area contributed by atoms with Gasteiger partial charge in [0.2, 0.25) is 11.8 Å². The lowest BCUT2D eigenvalue weighted by Crippen LogP contribution is -2.23. The van der Waals surface area contributed by atoms with Crippen molar-refractivity contribution >= 4 is 29.2 Å². The van der Waals surface area contributed by atoms with Crippen molar-refractivity contribution in [2.24, 2.45) is 0 Å². The molecule has 6 nitrogen and oxygen atoms in total. The summed E-state index contributed by atoms with van der Waals surface area (Å²) in [4.78, 5) is 37.6. The smallest absolute Gasteiger partial charge is 0.338 e. The predicted octanol–water partition coefficient (Wildman–Crippen LogP) is 3.17. The lowest BCUT2D eigenvalue weighted by molar-refractivity contribution is -0.117. The summed E-state index contributed by atoms with van der Waals surface area (Å²) in [5.74, 6) is -0.455. The molecule has 6 heteroatoms. The second kappa shape index (κ2) is 8.49. The molecule has 0 radical (unpaired) electrons. The minimum atomic E-state index is -0.416. The highest BCUT2D eigenvalue weighted by atomic mass is 16.5. The van der Waals surface area contributed by atoms with Gasteiger partial charge in [-0.3, -0.25) is 9.59 Å². The number of anilines is 2. The predicted molar refractivity (Wildman–Crippen MR) is 103 cm³/mol. The summed E-state index contributed by atoms with van der Waals surface area (Å²) in [6.45, 7) is 2.79. The Kier molecular flexibility index (Phi) is 5.86. The number of rotatable bonds is 6. The van der Waals surface area contributed by atoms with E-state index in [9.17, 15) is 14.4 Å². The summed E-state index contributed by atoms with van der Waals surface area (Å²) in [5.41, 5.74) is 2.66. The molecular weight excluding hydrogens is 344 g/mol. The molecule has 2 aromatic rings. The Bertz CT molecular complexity index is 846. The van der Waals surface area contributed by atoms with Gasteiger partial charge in [-0.05, 0) is 49.2 Å². The van der Waals surface area contributed by atoms with Crippen LogP contribution in [0.15, 0.2) is 48.5 Å². The summed E-state index contributed by atoms with van der Waals surface area (Å²) in [6, 6.07) is 14.1. The van der Waals surface area contributed by atoms with Crippen molar-refractivity contribution in [3.8, 4) is 0 Å². The first-order chi connectivity index (χ1) is 13.1. The minimum Gasteiger partial charge on any atom is -0.462 e. The minimum absolute atomic E-state index is 0.141. The first-order valence-electron chi connectivity index (χ1n) is 9.03. The van der Waals surface area contributed by atoms with Crippen LogP contribution in [0.3, 0.4) is 0 Å². The Morgan fingerprint density at radius 1 is 1.15 bits per heavy atom. The maximum Gasteiger partial charge on any atom is 0.338 e. The molecule has 27 heavy (non-hydrogen) atoms. The summed E-state index contributed by atoms with van der Waals surface area (Å²) in [6.07, 6.45) is 1.68. The number of hydrogen-bond donors (Lipinski definition) is 1. The monoisotopic (exact) mass is 366 g/mol. The number of ether oxygens (including phenoxy) is 1. The van der Waals surface area contributed by atoms with Gasteiger partial charge in [0.25, 0.3) is 0 Å². The highest BCUT2D eigenvalue weighted by Crippen LogP contribution is 2.22. The van der Waals surface area contributed by atoms with Gasteiger partial charge in [0.05, 0.1) is 18.6 Å². The highest BCUT2D eigenvalue weighted by Gasteiger charge is 2.21. The van der Waals surface area contributed by atoms with E-state index in [0.717, 1.165) is 24.2 Å². The first-order valence-corrected chi connectivity index (χ1v) is 9.03. The van der Waals surface area contributed by atoms with E-state index in [1.807, 2.05) is 24.3 Å². The molecule has 0 aromatic heterocycles. The third-order valence-electron chi connectivity index (χ3n) is 4.34. The fourth-order valence-corrected chi connectivity index (χ4v) is 3.04. The van der Waals surface area contributed by atoms with Crippen LogP contribution in [0, 0.1) is 0 Å². The van der Waals surface area contributed by atoms with Crippen LogP contribution in [0.2, 0.25) is 0 Å². The van der Waals surface area contributed by atoms with Gasteiger partial charge in [0.15, 0.2) is 0 Å². The van der Waals surface area contributed by atoms with Crippen molar-refractivity contribution in [3.05, 3.63) is 59.7 Å². The van der Waals surface area contributed by atoms with E-state index in [2.05, 4.69) is 5.32 Å². The molecule has 1 fully saturated rings. The number of hydrogen-bond acceptors (Lipinski definition) is 4.